The molecule has 0 unspecified atom stereocenters. The molecule has 1 aromatic heterocycles. The Morgan fingerprint density at radius 2 is 1.62 bits per heavy atom. The van der Waals surface area contributed by atoms with Gasteiger partial charge >= 0.3 is 5.97 Å². The van der Waals surface area contributed by atoms with Crippen LogP contribution in [0.2, 0.25) is 0 Å². The average Bonchev–Trinajstić information content (AvgIpc) is 3.23. The van der Waals surface area contributed by atoms with Gasteiger partial charge in [-0.25, -0.2) is 14.8 Å². The van der Waals surface area contributed by atoms with Crippen LogP contribution in [-0.4, -0.2) is 34.4 Å². The van der Waals surface area contributed by atoms with Crippen molar-refractivity contribution in [2.75, 3.05) is 6.61 Å². The van der Waals surface area contributed by atoms with E-state index >= 15 is 0 Å². The Morgan fingerprint density at radius 3 is 2.24 bits per heavy atom. The van der Waals surface area contributed by atoms with Gasteiger partial charge < -0.3 is 14.2 Å². The van der Waals surface area contributed by atoms with E-state index < -0.39 is 17.9 Å². The molecule has 0 amide bonds. The van der Waals surface area contributed by atoms with Crippen LogP contribution in [0.4, 0.5) is 0 Å². The minimum absolute atomic E-state index is 0.186. The molecule has 0 saturated carbocycles. The largest absolute Gasteiger partial charge is 0.425 e. The van der Waals surface area contributed by atoms with E-state index in [1.807, 2.05) is 24.5 Å². The fourth-order valence-corrected chi connectivity index (χ4v) is 3.90. The van der Waals surface area contributed by atoms with Crippen molar-refractivity contribution in [1.29, 1.82) is 0 Å². The highest BCUT2D eigenvalue weighted by atomic mass is 16.8. The number of esters is 1. The number of ether oxygens (including phenoxy) is 3. The summed E-state index contributed by atoms with van der Waals surface area (Å²) in [6, 6.07) is 15.8. The van der Waals surface area contributed by atoms with Crippen LogP contribution in [0.5, 0.6) is 5.75 Å². The maximum absolute atomic E-state index is 12.3. The second kappa shape index (κ2) is 10.9. The number of benzene rings is 2. The maximum atomic E-state index is 12.3. The fraction of sp³-hybridized carbons (Fsp3) is 0.393. The van der Waals surface area contributed by atoms with Gasteiger partial charge in [0.15, 0.2) is 17.7 Å². The number of aryl methyl sites for hydroxylation is 1. The summed E-state index contributed by atoms with van der Waals surface area (Å²) in [7, 11) is 0. The standard InChI is InChI=1S/C28H32N2O4/c1-4-5-6-7-8-20-9-11-21(12-10-20)23-17-29-26(30-18-23)22-13-15-24(16-14-22)33-27(31)25-19-32-28(2,3)34-25/h9-18,25H,4-8,19H2,1-3H3/t25-/m1/s1. The average molecular weight is 461 g/mol. The highest BCUT2D eigenvalue weighted by Crippen LogP contribution is 2.26. The van der Waals surface area contributed by atoms with Gasteiger partial charge in [0.25, 0.3) is 0 Å². The van der Waals surface area contributed by atoms with Gasteiger partial charge in [-0.05, 0) is 62.1 Å². The Balaban J connectivity index is 1.34. The van der Waals surface area contributed by atoms with Gasteiger partial charge in [0.1, 0.15) is 5.75 Å². The van der Waals surface area contributed by atoms with E-state index in [0.717, 1.165) is 23.1 Å². The molecule has 1 aliphatic rings. The van der Waals surface area contributed by atoms with E-state index in [9.17, 15) is 4.79 Å². The highest BCUT2D eigenvalue weighted by molar-refractivity contribution is 5.78. The molecule has 6 heteroatoms. The van der Waals surface area contributed by atoms with E-state index in [0.29, 0.717) is 11.6 Å². The minimum atomic E-state index is -0.771. The van der Waals surface area contributed by atoms with Crippen molar-refractivity contribution < 1.29 is 19.0 Å². The first-order valence-corrected chi connectivity index (χ1v) is 12.0. The van der Waals surface area contributed by atoms with Gasteiger partial charge in [0.2, 0.25) is 0 Å². The van der Waals surface area contributed by atoms with Crippen molar-refractivity contribution in [2.24, 2.45) is 0 Å². The summed E-state index contributed by atoms with van der Waals surface area (Å²) in [6.07, 6.45) is 9.18. The lowest BCUT2D eigenvalue weighted by molar-refractivity contribution is -0.162. The maximum Gasteiger partial charge on any atom is 0.343 e. The van der Waals surface area contributed by atoms with Gasteiger partial charge in [-0.15, -0.1) is 0 Å². The van der Waals surface area contributed by atoms with E-state index in [4.69, 9.17) is 14.2 Å². The van der Waals surface area contributed by atoms with E-state index in [1.54, 1.807) is 26.0 Å². The molecule has 2 heterocycles. The normalized spacial score (nSPS) is 17.0. The van der Waals surface area contributed by atoms with Crippen LogP contribution in [-0.2, 0) is 20.7 Å². The summed E-state index contributed by atoms with van der Waals surface area (Å²) in [5, 5.41) is 0. The van der Waals surface area contributed by atoms with Crippen molar-refractivity contribution in [3.05, 3.63) is 66.5 Å². The molecule has 178 valence electrons. The summed E-state index contributed by atoms with van der Waals surface area (Å²) in [5.74, 6) is -0.185. The topological polar surface area (TPSA) is 70.5 Å². The van der Waals surface area contributed by atoms with Crippen molar-refractivity contribution in [1.82, 2.24) is 9.97 Å². The zero-order valence-electron chi connectivity index (χ0n) is 20.1. The Kier molecular flexibility index (Phi) is 7.70. The lowest BCUT2D eigenvalue weighted by Gasteiger charge is -2.16. The predicted octanol–water partition coefficient (Wildman–Crippen LogP) is 5.99. The molecule has 2 aromatic carbocycles. The van der Waals surface area contributed by atoms with E-state index in [1.165, 1.54) is 31.2 Å². The third-order valence-electron chi connectivity index (χ3n) is 5.86. The number of hydrogen-bond donors (Lipinski definition) is 0. The lowest BCUT2D eigenvalue weighted by Crippen LogP contribution is -2.30. The summed E-state index contributed by atoms with van der Waals surface area (Å²) in [4.78, 5) is 21.3. The van der Waals surface area contributed by atoms with E-state index in [-0.39, 0.29) is 6.61 Å². The number of aromatic nitrogens is 2. The molecule has 1 atom stereocenters. The second-order valence-corrected chi connectivity index (χ2v) is 9.07. The first-order chi connectivity index (χ1) is 16.4. The number of hydrogen-bond acceptors (Lipinski definition) is 6. The summed E-state index contributed by atoms with van der Waals surface area (Å²) in [6.45, 7) is 5.96. The number of rotatable bonds is 9. The summed E-state index contributed by atoms with van der Waals surface area (Å²) >= 11 is 0. The van der Waals surface area contributed by atoms with Gasteiger partial charge in [0.05, 0.1) is 6.61 Å². The van der Waals surface area contributed by atoms with Gasteiger partial charge in [-0.1, -0.05) is 50.5 Å². The van der Waals surface area contributed by atoms with Crippen LogP contribution in [0.25, 0.3) is 22.5 Å². The number of nitrogens with zero attached hydrogens (tertiary/aromatic N) is 2. The van der Waals surface area contributed by atoms with E-state index in [2.05, 4.69) is 41.2 Å². The molecular formula is C28H32N2O4. The molecular weight excluding hydrogens is 428 g/mol. The Labute approximate surface area is 201 Å². The number of carbonyl (C=O) groups is 1. The Morgan fingerprint density at radius 1 is 0.941 bits per heavy atom. The van der Waals surface area contributed by atoms with Crippen LogP contribution >= 0.6 is 0 Å². The second-order valence-electron chi connectivity index (χ2n) is 9.07. The number of unbranched alkanes of at least 4 members (excludes halogenated alkanes) is 3. The van der Waals surface area contributed by atoms with Gasteiger partial charge in [-0.2, -0.15) is 0 Å². The molecule has 6 nitrogen and oxygen atoms in total. The van der Waals surface area contributed by atoms with Crippen molar-refractivity contribution in [2.45, 2.75) is 64.8 Å². The van der Waals surface area contributed by atoms with Crippen molar-refractivity contribution >= 4 is 5.97 Å². The zero-order chi connectivity index (χ0) is 24.0. The van der Waals surface area contributed by atoms with Crippen LogP contribution in [0.1, 0.15) is 52.0 Å². The smallest absolute Gasteiger partial charge is 0.343 e. The van der Waals surface area contributed by atoms with Crippen LogP contribution in [0.15, 0.2) is 60.9 Å². The monoisotopic (exact) mass is 460 g/mol. The molecule has 0 N–H and O–H groups in total. The fourth-order valence-electron chi connectivity index (χ4n) is 3.90. The van der Waals surface area contributed by atoms with Crippen molar-refractivity contribution in [3.8, 4) is 28.3 Å². The SMILES string of the molecule is CCCCCCc1ccc(-c2cnc(-c3ccc(OC(=O)[C@H]4COC(C)(C)O4)cc3)nc2)cc1. The minimum Gasteiger partial charge on any atom is -0.425 e. The third-order valence-corrected chi connectivity index (χ3v) is 5.86. The molecule has 1 fully saturated rings. The van der Waals surface area contributed by atoms with Crippen molar-refractivity contribution in [3.63, 3.8) is 0 Å². The molecule has 0 radical (unpaired) electrons. The Bertz CT molecular complexity index is 1080. The zero-order valence-corrected chi connectivity index (χ0v) is 20.1. The van der Waals surface area contributed by atoms with Crippen LogP contribution < -0.4 is 4.74 Å². The molecule has 0 bridgehead atoms. The molecule has 0 spiro atoms. The summed E-state index contributed by atoms with van der Waals surface area (Å²) in [5.41, 5.74) is 4.30. The molecule has 1 aliphatic heterocycles. The molecule has 34 heavy (non-hydrogen) atoms. The summed E-state index contributed by atoms with van der Waals surface area (Å²) < 4.78 is 16.4. The highest BCUT2D eigenvalue weighted by Gasteiger charge is 2.38. The first kappa shape index (κ1) is 24.0. The van der Waals surface area contributed by atoms with Gasteiger partial charge in [0, 0.05) is 23.5 Å². The third kappa shape index (κ3) is 6.27. The number of carbonyl (C=O) groups excluding carboxylic acids is 1. The molecule has 1 saturated heterocycles. The lowest BCUT2D eigenvalue weighted by atomic mass is 10.0. The van der Waals surface area contributed by atoms with Crippen LogP contribution in [0, 0.1) is 0 Å². The van der Waals surface area contributed by atoms with Crippen LogP contribution in [0.3, 0.4) is 0 Å². The molecule has 4 rings (SSSR count). The molecule has 3 aromatic rings. The Hall–Kier alpha value is -3.09. The quantitative estimate of drug-likeness (QED) is 0.222. The van der Waals surface area contributed by atoms with Gasteiger partial charge in [-0.3, -0.25) is 0 Å². The first-order valence-electron chi connectivity index (χ1n) is 12.0. The molecule has 0 aliphatic carbocycles. The predicted molar refractivity (Wildman–Crippen MR) is 131 cm³/mol.